The van der Waals surface area contributed by atoms with E-state index in [9.17, 15) is 4.79 Å². The van der Waals surface area contributed by atoms with Gasteiger partial charge in [0.15, 0.2) is 0 Å². The molecule has 1 fully saturated rings. The number of nitrogens with zero attached hydrogens (tertiary/aromatic N) is 1. The molecule has 0 bridgehead atoms. The highest BCUT2D eigenvalue weighted by atomic mass is 16.5. The van der Waals surface area contributed by atoms with Crippen LogP contribution >= 0.6 is 0 Å². The Morgan fingerprint density at radius 3 is 3.15 bits per heavy atom. The molecule has 1 saturated heterocycles. The number of urea groups is 1. The Balaban J connectivity index is 1.86. The summed E-state index contributed by atoms with van der Waals surface area (Å²) in [6, 6.07) is 7.00. The summed E-state index contributed by atoms with van der Waals surface area (Å²) < 4.78 is 11.2. The van der Waals surface area contributed by atoms with E-state index in [0.717, 1.165) is 30.6 Å². The SMILES string of the molecule is NC(=O)NN=Cc1ccccc1COCC1CCCO1. The van der Waals surface area contributed by atoms with Gasteiger partial charge >= 0.3 is 6.03 Å². The van der Waals surface area contributed by atoms with Gasteiger partial charge in [0.1, 0.15) is 0 Å². The number of amides is 2. The van der Waals surface area contributed by atoms with Gasteiger partial charge in [0.2, 0.25) is 0 Å². The van der Waals surface area contributed by atoms with Crippen LogP contribution in [-0.2, 0) is 16.1 Å². The number of benzene rings is 1. The van der Waals surface area contributed by atoms with Crippen LogP contribution in [0.4, 0.5) is 4.79 Å². The molecular formula is C14H19N3O3. The first-order valence-electron chi connectivity index (χ1n) is 6.61. The molecule has 1 aromatic carbocycles. The summed E-state index contributed by atoms with van der Waals surface area (Å²) in [7, 11) is 0. The van der Waals surface area contributed by atoms with Crippen LogP contribution in [0.25, 0.3) is 0 Å². The summed E-state index contributed by atoms with van der Waals surface area (Å²) >= 11 is 0. The fourth-order valence-corrected chi connectivity index (χ4v) is 2.03. The van der Waals surface area contributed by atoms with Crippen molar-refractivity contribution >= 4 is 12.2 Å². The number of hydrogen-bond donors (Lipinski definition) is 2. The van der Waals surface area contributed by atoms with Crippen LogP contribution in [-0.4, -0.2) is 31.6 Å². The second-order valence-electron chi connectivity index (χ2n) is 4.58. The predicted octanol–water partition coefficient (Wildman–Crippen LogP) is 1.38. The fourth-order valence-electron chi connectivity index (χ4n) is 2.03. The van der Waals surface area contributed by atoms with Crippen molar-refractivity contribution in [3.05, 3.63) is 35.4 Å². The van der Waals surface area contributed by atoms with Crippen molar-refractivity contribution in [1.29, 1.82) is 0 Å². The van der Waals surface area contributed by atoms with E-state index in [2.05, 4.69) is 10.5 Å². The highest BCUT2D eigenvalue weighted by Gasteiger charge is 2.15. The second-order valence-corrected chi connectivity index (χ2v) is 4.58. The van der Waals surface area contributed by atoms with Gasteiger partial charge in [0, 0.05) is 12.2 Å². The quantitative estimate of drug-likeness (QED) is 0.608. The first kappa shape index (κ1) is 14.5. The third-order valence-corrected chi connectivity index (χ3v) is 3.02. The van der Waals surface area contributed by atoms with Crippen LogP contribution < -0.4 is 11.2 Å². The van der Waals surface area contributed by atoms with Gasteiger partial charge in [-0.3, -0.25) is 0 Å². The Kier molecular flexibility index (Phi) is 5.52. The summed E-state index contributed by atoms with van der Waals surface area (Å²) in [5, 5.41) is 3.76. The standard InChI is InChI=1S/C14H19N3O3/c15-14(18)17-16-8-11-4-1-2-5-12(11)9-19-10-13-6-3-7-20-13/h1-2,4-5,8,13H,3,6-7,9-10H2,(H3,15,17,18). The second kappa shape index (κ2) is 7.62. The Labute approximate surface area is 117 Å². The van der Waals surface area contributed by atoms with E-state index in [1.165, 1.54) is 0 Å². The molecule has 2 rings (SSSR count). The minimum absolute atomic E-state index is 0.215. The molecule has 1 heterocycles. The lowest BCUT2D eigenvalue weighted by Gasteiger charge is -2.11. The van der Waals surface area contributed by atoms with E-state index in [-0.39, 0.29) is 6.10 Å². The highest BCUT2D eigenvalue weighted by molar-refractivity contribution is 5.83. The van der Waals surface area contributed by atoms with Crippen molar-refractivity contribution in [2.24, 2.45) is 10.8 Å². The van der Waals surface area contributed by atoms with E-state index in [1.54, 1.807) is 6.21 Å². The van der Waals surface area contributed by atoms with Crippen LogP contribution in [0.5, 0.6) is 0 Å². The highest BCUT2D eigenvalue weighted by Crippen LogP contribution is 2.14. The zero-order valence-corrected chi connectivity index (χ0v) is 11.2. The molecular weight excluding hydrogens is 258 g/mol. The number of carbonyl (C=O) groups excluding carboxylic acids is 1. The molecule has 1 aromatic rings. The molecule has 20 heavy (non-hydrogen) atoms. The molecule has 0 saturated carbocycles. The van der Waals surface area contributed by atoms with Crippen LogP contribution in [0.3, 0.4) is 0 Å². The zero-order valence-electron chi connectivity index (χ0n) is 11.2. The number of nitrogens with one attached hydrogen (secondary N) is 1. The molecule has 0 spiro atoms. The van der Waals surface area contributed by atoms with Crippen molar-refractivity contribution in [3.8, 4) is 0 Å². The van der Waals surface area contributed by atoms with Crippen molar-refractivity contribution in [1.82, 2.24) is 5.43 Å². The smallest absolute Gasteiger partial charge is 0.332 e. The normalized spacial score (nSPS) is 18.5. The minimum atomic E-state index is -0.687. The van der Waals surface area contributed by atoms with Crippen molar-refractivity contribution in [3.63, 3.8) is 0 Å². The number of carbonyl (C=O) groups is 1. The predicted molar refractivity (Wildman–Crippen MR) is 75.4 cm³/mol. The summed E-state index contributed by atoms with van der Waals surface area (Å²) in [6.07, 6.45) is 3.93. The molecule has 108 valence electrons. The van der Waals surface area contributed by atoms with Gasteiger partial charge < -0.3 is 15.2 Å². The molecule has 6 nitrogen and oxygen atoms in total. The van der Waals surface area contributed by atoms with Gasteiger partial charge in [0.25, 0.3) is 0 Å². The van der Waals surface area contributed by atoms with E-state index >= 15 is 0 Å². The maximum absolute atomic E-state index is 10.6. The Hall–Kier alpha value is -1.92. The number of hydrazone groups is 1. The molecule has 1 aliphatic rings. The van der Waals surface area contributed by atoms with Gasteiger partial charge in [-0.2, -0.15) is 5.10 Å². The molecule has 0 radical (unpaired) electrons. The molecule has 1 aliphatic heterocycles. The minimum Gasteiger partial charge on any atom is -0.376 e. The van der Waals surface area contributed by atoms with Gasteiger partial charge in [-0.05, 0) is 18.4 Å². The number of nitrogens with two attached hydrogens (primary N) is 1. The lowest BCUT2D eigenvalue weighted by Crippen LogP contribution is -2.24. The molecule has 1 atom stereocenters. The third-order valence-electron chi connectivity index (χ3n) is 3.02. The van der Waals surface area contributed by atoms with Crippen molar-refractivity contribution < 1.29 is 14.3 Å². The number of primary amides is 1. The van der Waals surface area contributed by atoms with E-state index in [1.807, 2.05) is 24.3 Å². The molecule has 0 aliphatic carbocycles. The third kappa shape index (κ3) is 4.64. The van der Waals surface area contributed by atoms with E-state index in [4.69, 9.17) is 15.2 Å². The Bertz CT molecular complexity index is 470. The summed E-state index contributed by atoms with van der Waals surface area (Å²) in [6.45, 7) is 1.92. The summed E-state index contributed by atoms with van der Waals surface area (Å²) in [5.41, 5.74) is 9.00. The molecule has 2 amide bonds. The summed E-state index contributed by atoms with van der Waals surface area (Å²) in [5.74, 6) is 0. The topological polar surface area (TPSA) is 85.9 Å². The molecule has 1 unspecified atom stereocenters. The van der Waals surface area contributed by atoms with E-state index < -0.39 is 6.03 Å². The number of rotatable bonds is 6. The number of ether oxygens (including phenoxy) is 2. The van der Waals surface area contributed by atoms with Gasteiger partial charge in [-0.1, -0.05) is 24.3 Å². The van der Waals surface area contributed by atoms with Crippen LogP contribution in [0.1, 0.15) is 24.0 Å². The van der Waals surface area contributed by atoms with Gasteiger partial charge in [0.05, 0.1) is 25.5 Å². The van der Waals surface area contributed by atoms with Crippen LogP contribution in [0.2, 0.25) is 0 Å². The molecule has 3 N–H and O–H groups in total. The zero-order chi connectivity index (χ0) is 14.2. The van der Waals surface area contributed by atoms with Crippen LogP contribution in [0, 0.1) is 0 Å². The average molecular weight is 277 g/mol. The Morgan fingerprint density at radius 2 is 2.40 bits per heavy atom. The molecule has 0 aromatic heterocycles. The summed E-state index contributed by atoms with van der Waals surface area (Å²) in [4.78, 5) is 10.6. The van der Waals surface area contributed by atoms with Crippen LogP contribution in [0.15, 0.2) is 29.4 Å². The van der Waals surface area contributed by atoms with Crippen molar-refractivity contribution in [2.75, 3.05) is 13.2 Å². The Morgan fingerprint density at radius 1 is 1.55 bits per heavy atom. The van der Waals surface area contributed by atoms with Crippen molar-refractivity contribution in [2.45, 2.75) is 25.6 Å². The van der Waals surface area contributed by atoms with Gasteiger partial charge in [-0.15, -0.1) is 0 Å². The molecule has 6 heteroatoms. The van der Waals surface area contributed by atoms with Gasteiger partial charge in [-0.25, -0.2) is 10.2 Å². The average Bonchev–Trinajstić information content (AvgIpc) is 2.93. The first-order valence-corrected chi connectivity index (χ1v) is 6.61. The lowest BCUT2D eigenvalue weighted by molar-refractivity contribution is 0.0106. The maximum atomic E-state index is 10.6. The maximum Gasteiger partial charge on any atom is 0.332 e. The van der Waals surface area contributed by atoms with E-state index in [0.29, 0.717) is 13.2 Å². The first-order chi connectivity index (χ1) is 9.75. The largest absolute Gasteiger partial charge is 0.376 e. The lowest BCUT2D eigenvalue weighted by atomic mass is 10.1. The number of hydrogen-bond acceptors (Lipinski definition) is 4. The monoisotopic (exact) mass is 277 g/mol. The fraction of sp³-hybridized carbons (Fsp3) is 0.429.